The third-order valence-corrected chi connectivity index (χ3v) is 6.30. The fourth-order valence-corrected chi connectivity index (χ4v) is 4.57. The molecule has 0 aromatic heterocycles. The SMILES string of the molecule is CC(C)(C)c1ccc(C(=O)N2CSCC2C(=O)NCC2CNCC2O)cc1. The summed E-state index contributed by atoms with van der Waals surface area (Å²) in [5.74, 6) is 0.897. The number of nitrogens with zero attached hydrogens (tertiary/aromatic N) is 1. The Balaban J connectivity index is 1.62. The number of hydrogen-bond donors (Lipinski definition) is 3. The summed E-state index contributed by atoms with van der Waals surface area (Å²) in [7, 11) is 0. The Morgan fingerprint density at radius 3 is 2.56 bits per heavy atom. The highest BCUT2D eigenvalue weighted by Crippen LogP contribution is 2.26. The van der Waals surface area contributed by atoms with Crippen LogP contribution in [0.25, 0.3) is 0 Å². The van der Waals surface area contributed by atoms with E-state index in [9.17, 15) is 14.7 Å². The van der Waals surface area contributed by atoms with E-state index in [0.29, 0.717) is 36.8 Å². The van der Waals surface area contributed by atoms with Crippen molar-refractivity contribution in [2.75, 3.05) is 31.3 Å². The van der Waals surface area contributed by atoms with E-state index in [1.807, 2.05) is 24.3 Å². The van der Waals surface area contributed by atoms with E-state index in [2.05, 4.69) is 31.4 Å². The van der Waals surface area contributed by atoms with Crippen molar-refractivity contribution in [3.63, 3.8) is 0 Å². The monoisotopic (exact) mass is 391 g/mol. The van der Waals surface area contributed by atoms with Crippen molar-refractivity contribution in [2.24, 2.45) is 5.92 Å². The van der Waals surface area contributed by atoms with Gasteiger partial charge < -0.3 is 20.6 Å². The third kappa shape index (κ3) is 4.65. The lowest BCUT2D eigenvalue weighted by Crippen LogP contribution is -2.48. The molecule has 0 aliphatic carbocycles. The molecule has 3 rings (SSSR count). The van der Waals surface area contributed by atoms with Crippen molar-refractivity contribution in [3.05, 3.63) is 35.4 Å². The van der Waals surface area contributed by atoms with Crippen LogP contribution in [-0.4, -0.2) is 65.2 Å². The molecule has 6 nitrogen and oxygen atoms in total. The van der Waals surface area contributed by atoms with Gasteiger partial charge in [0.05, 0.1) is 12.0 Å². The average molecular weight is 392 g/mol. The number of amides is 2. The van der Waals surface area contributed by atoms with Gasteiger partial charge in [0.1, 0.15) is 6.04 Å². The zero-order chi connectivity index (χ0) is 19.6. The minimum atomic E-state index is -0.462. The number of benzene rings is 1. The van der Waals surface area contributed by atoms with Gasteiger partial charge in [-0.3, -0.25) is 9.59 Å². The molecule has 0 spiro atoms. The number of aliphatic hydroxyl groups is 1. The zero-order valence-corrected chi connectivity index (χ0v) is 17.0. The van der Waals surface area contributed by atoms with Crippen LogP contribution in [-0.2, 0) is 10.2 Å². The molecule has 3 unspecified atom stereocenters. The first kappa shape index (κ1) is 20.2. The fraction of sp³-hybridized carbons (Fsp3) is 0.600. The molecule has 2 saturated heterocycles. The topological polar surface area (TPSA) is 81.7 Å². The number of hydrogen-bond acceptors (Lipinski definition) is 5. The molecule has 2 heterocycles. The number of aliphatic hydroxyl groups excluding tert-OH is 1. The van der Waals surface area contributed by atoms with Crippen molar-refractivity contribution in [2.45, 2.75) is 38.3 Å². The summed E-state index contributed by atoms with van der Waals surface area (Å²) in [6.45, 7) is 8.10. The molecule has 2 aliphatic heterocycles. The molecule has 0 radical (unpaired) electrons. The van der Waals surface area contributed by atoms with Crippen LogP contribution in [0.3, 0.4) is 0 Å². The van der Waals surface area contributed by atoms with E-state index >= 15 is 0 Å². The van der Waals surface area contributed by atoms with Gasteiger partial charge in [-0.25, -0.2) is 0 Å². The molecule has 148 valence electrons. The highest BCUT2D eigenvalue weighted by molar-refractivity contribution is 7.99. The van der Waals surface area contributed by atoms with Gasteiger partial charge in [-0.15, -0.1) is 11.8 Å². The van der Waals surface area contributed by atoms with E-state index < -0.39 is 12.1 Å². The van der Waals surface area contributed by atoms with Crippen LogP contribution in [0, 0.1) is 5.92 Å². The van der Waals surface area contributed by atoms with Crippen LogP contribution in [0.1, 0.15) is 36.7 Å². The summed E-state index contributed by atoms with van der Waals surface area (Å²) >= 11 is 1.59. The van der Waals surface area contributed by atoms with Crippen molar-refractivity contribution < 1.29 is 14.7 Å². The Hall–Kier alpha value is -1.57. The molecule has 2 fully saturated rings. The maximum atomic E-state index is 12.9. The lowest BCUT2D eigenvalue weighted by Gasteiger charge is -2.25. The third-order valence-electron chi connectivity index (χ3n) is 5.29. The van der Waals surface area contributed by atoms with Crippen molar-refractivity contribution in [1.29, 1.82) is 0 Å². The molecule has 27 heavy (non-hydrogen) atoms. The Kier molecular flexibility index (Phi) is 6.13. The Morgan fingerprint density at radius 2 is 1.96 bits per heavy atom. The molecule has 3 atom stereocenters. The van der Waals surface area contributed by atoms with E-state index in [1.165, 1.54) is 5.56 Å². The smallest absolute Gasteiger partial charge is 0.255 e. The summed E-state index contributed by atoms with van der Waals surface area (Å²) in [6.07, 6.45) is -0.428. The van der Waals surface area contributed by atoms with Gasteiger partial charge in [-0.1, -0.05) is 32.9 Å². The van der Waals surface area contributed by atoms with Crippen LogP contribution in [0.5, 0.6) is 0 Å². The predicted octanol–water partition coefficient (Wildman–Crippen LogP) is 1.20. The molecule has 7 heteroatoms. The number of nitrogens with one attached hydrogen (secondary N) is 2. The molecular weight excluding hydrogens is 362 g/mol. The summed E-state index contributed by atoms with van der Waals surface area (Å²) in [5, 5.41) is 15.9. The first-order chi connectivity index (χ1) is 12.8. The van der Waals surface area contributed by atoms with E-state index in [-0.39, 0.29) is 23.1 Å². The van der Waals surface area contributed by atoms with E-state index in [1.54, 1.807) is 16.7 Å². The maximum Gasteiger partial charge on any atom is 0.255 e. The number of rotatable bonds is 4. The van der Waals surface area contributed by atoms with Crippen LogP contribution in [0.4, 0.5) is 0 Å². The number of carbonyl (C=O) groups is 2. The molecule has 0 saturated carbocycles. The standard InChI is InChI=1S/C20H29N3O3S/c1-20(2,3)15-6-4-13(5-7-15)19(26)23-12-27-11-16(23)18(25)22-9-14-8-21-10-17(14)24/h4-7,14,16-17,21,24H,8-12H2,1-3H3,(H,22,25). The first-order valence-corrected chi connectivity index (χ1v) is 10.6. The number of thioether (sulfide) groups is 1. The minimum absolute atomic E-state index is 0.0251. The minimum Gasteiger partial charge on any atom is -0.391 e. The van der Waals surface area contributed by atoms with E-state index in [0.717, 1.165) is 0 Å². The zero-order valence-electron chi connectivity index (χ0n) is 16.2. The lowest BCUT2D eigenvalue weighted by atomic mass is 9.86. The van der Waals surface area contributed by atoms with Gasteiger partial charge >= 0.3 is 0 Å². The second kappa shape index (κ2) is 8.20. The average Bonchev–Trinajstić information content (AvgIpc) is 3.27. The molecule has 0 bridgehead atoms. The van der Waals surface area contributed by atoms with Crippen molar-refractivity contribution in [1.82, 2.24) is 15.5 Å². The molecule has 2 aliphatic rings. The summed E-state index contributed by atoms with van der Waals surface area (Å²) in [6, 6.07) is 7.21. The van der Waals surface area contributed by atoms with Gasteiger partial charge in [0.2, 0.25) is 5.91 Å². The largest absolute Gasteiger partial charge is 0.391 e. The lowest BCUT2D eigenvalue weighted by molar-refractivity contribution is -0.124. The van der Waals surface area contributed by atoms with Gasteiger partial charge in [-0.05, 0) is 23.1 Å². The number of carbonyl (C=O) groups excluding carboxylic acids is 2. The van der Waals surface area contributed by atoms with E-state index in [4.69, 9.17) is 0 Å². The first-order valence-electron chi connectivity index (χ1n) is 9.43. The van der Waals surface area contributed by atoms with Crippen LogP contribution >= 0.6 is 11.8 Å². The molecule has 3 N–H and O–H groups in total. The van der Waals surface area contributed by atoms with Gasteiger partial charge in [0.25, 0.3) is 5.91 Å². The fourth-order valence-electron chi connectivity index (χ4n) is 3.42. The predicted molar refractivity (Wildman–Crippen MR) is 108 cm³/mol. The van der Waals surface area contributed by atoms with Crippen LogP contribution in [0.15, 0.2) is 24.3 Å². The summed E-state index contributed by atoms with van der Waals surface area (Å²) in [5.41, 5.74) is 1.82. The van der Waals surface area contributed by atoms with Crippen molar-refractivity contribution in [3.8, 4) is 0 Å². The van der Waals surface area contributed by atoms with Crippen LogP contribution in [0.2, 0.25) is 0 Å². The quantitative estimate of drug-likeness (QED) is 0.718. The van der Waals surface area contributed by atoms with Gasteiger partial charge in [-0.2, -0.15) is 0 Å². The summed E-state index contributed by atoms with van der Waals surface area (Å²) < 4.78 is 0. The normalized spacial score (nSPS) is 25.6. The Morgan fingerprint density at radius 1 is 1.26 bits per heavy atom. The maximum absolute atomic E-state index is 12.9. The van der Waals surface area contributed by atoms with Crippen molar-refractivity contribution >= 4 is 23.6 Å². The Bertz CT molecular complexity index is 687. The Labute approximate surface area is 165 Å². The van der Waals surface area contributed by atoms with Gasteiger partial charge in [0, 0.05) is 36.9 Å². The van der Waals surface area contributed by atoms with Gasteiger partial charge in [0.15, 0.2) is 0 Å². The van der Waals surface area contributed by atoms with Crippen LogP contribution < -0.4 is 10.6 Å². The summed E-state index contributed by atoms with van der Waals surface area (Å²) in [4.78, 5) is 27.2. The molecule has 1 aromatic carbocycles. The highest BCUT2D eigenvalue weighted by Gasteiger charge is 2.36. The second-order valence-corrected chi connectivity index (χ2v) is 9.35. The molecule has 2 amide bonds. The molecule has 1 aromatic rings. The second-order valence-electron chi connectivity index (χ2n) is 8.35. The molecular formula is C20H29N3O3S. The number of β-amino-alcohol motifs (C(OH)–C–C–N with tert-alkyl or cyclic N) is 1. The highest BCUT2D eigenvalue weighted by atomic mass is 32.2.